The van der Waals surface area contributed by atoms with Crippen LogP contribution >= 0.6 is 23.5 Å². The molecule has 4 aromatic carbocycles. The molecule has 0 aliphatic rings. The van der Waals surface area contributed by atoms with Crippen LogP contribution < -0.4 is 4.74 Å². The minimum absolute atomic E-state index is 0.0138. The van der Waals surface area contributed by atoms with Gasteiger partial charge in [0.15, 0.2) is 5.78 Å². The second-order valence-corrected chi connectivity index (χ2v) is 9.44. The predicted octanol–water partition coefficient (Wildman–Crippen LogP) is 6.87. The lowest BCUT2D eigenvalue weighted by atomic mass is 10.0. The van der Waals surface area contributed by atoms with Gasteiger partial charge in [0.05, 0.1) is 17.1 Å². The quantitative estimate of drug-likeness (QED) is 0.257. The normalized spacial score (nSPS) is 10.8. The summed E-state index contributed by atoms with van der Waals surface area (Å²) in [5.41, 5.74) is 0.526. The first kappa shape index (κ1) is 24.0. The molecule has 0 saturated carbocycles. The molecule has 0 heterocycles. The molecular weight excluding hydrogens is 474 g/mol. The molecule has 0 amide bonds. The molecule has 0 aliphatic heterocycles. The first-order valence-electron chi connectivity index (χ1n) is 10.4. The van der Waals surface area contributed by atoms with Crippen LogP contribution in [-0.2, 0) is 0 Å². The number of aliphatic hydroxyl groups excluding tert-OH is 1. The van der Waals surface area contributed by atoms with E-state index < -0.39 is 5.82 Å². The lowest BCUT2D eigenvalue weighted by Crippen LogP contribution is -2.09. The van der Waals surface area contributed by atoms with Crippen molar-refractivity contribution in [3.63, 3.8) is 0 Å². The molecule has 0 unspecified atom stereocenters. The number of rotatable bonds is 9. The standard InChI is InChI=1S/C27H20F2O3S2/c28-19-6-8-20(9-7-19)33-21-10-12-22(13-11-21)34-26-17-25(32-15-14-30)23(16-24(26)29)27(31)18-4-2-1-3-5-18/h1-13,16-17,30H,14-15H2. The predicted molar refractivity (Wildman–Crippen MR) is 130 cm³/mol. The number of benzene rings is 4. The van der Waals surface area contributed by atoms with Crippen LogP contribution in [0.25, 0.3) is 0 Å². The van der Waals surface area contributed by atoms with Gasteiger partial charge in [0.25, 0.3) is 0 Å². The van der Waals surface area contributed by atoms with Crippen molar-refractivity contribution in [2.24, 2.45) is 0 Å². The zero-order valence-electron chi connectivity index (χ0n) is 17.9. The molecule has 172 valence electrons. The molecule has 34 heavy (non-hydrogen) atoms. The SMILES string of the molecule is O=C(c1ccccc1)c1cc(F)c(Sc2ccc(Sc3ccc(F)cc3)cc2)cc1OCCO. The van der Waals surface area contributed by atoms with Gasteiger partial charge in [0, 0.05) is 20.2 Å². The minimum atomic E-state index is -0.537. The molecular formula is C27H20F2O3S2. The zero-order valence-corrected chi connectivity index (χ0v) is 19.5. The maximum atomic E-state index is 15.0. The van der Waals surface area contributed by atoms with Gasteiger partial charge in [-0.05, 0) is 60.7 Å². The molecule has 0 atom stereocenters. The van der Waals surface area contributed by atoms with Gasteiger partial charge < -0.3 is 9.84 Å². The molecule has 4 rings (SSSR count). The third-order valence-electron chi connectivity index (χ3n) is 4.76. The van der Waals surface area contributed by atoms with E-state index in [1.807, 2.05) is 24.3 Å². The fourth-order valence-corrected chi connectivity index (χ4v) is 4.82. The Bertz CT molecular complexity index is 1260. The summed E-state index contributed by atoms with van der Waals surface area (Å²) < 4.78 is 33.7. The van der Waals surface area contributed by atoms with E-state index in [9.17, 15) is 9.18 Å². The van der Waals surface area contributed by atoms with Gasteiger partial charge in [-0.3, -0.25) is 4.79 Å². The number of aliphatic hydroxyl groups is 1. The number of carbonyl (C=O) groups is 1. The highest BCUT2D eigenvalue weighted by molar-refractivity contribution is 7.99. The van der Waals surface area contributed by atoms with Crippen molar-refractivity contribution in [3.05, 3.63) is 114 Å². The van der Waals surface area contributed by atoms with Gasteiger partial charge in [-0.15, -0.1) is 0 Å². The highest BCUT2D eigenvalue weighted by atomic mass is 32.2. The number of carbonyl (C=O) groups excluding carboxylic acids is 1. The summed E-state index contributed by atoms with van der Waals surface area (Å²) in [6.07, 6.45) is 0. The van der Waals surface area contributed by atoms with Gasteiger partial charge in [-0.1, -0.05) is 53.9 Å². The summed E-state index contributed by atoms with van der Waals surface area (Å²) in [6.45, 7) is -0.244. The largest absolute Gasteiger partial charge is 0.490 e. The number of halogens is 2. The van der Waals surface area contributed by atoms with Crippen LogP contribution in [0.3, 0.4) is 0 Å². The topological polar surface area (TPSA) is 46.5 Å². The number of ether oxygens (including phenoxy) is 1. The number of ketones is 1. The van der Waals surface area contributed by atoms with Crippen LogP contribution in [0.2, 0.25) is 0 Å². The van der Waals surface area contributed by atoms with E-state index in [-0.39, 0.29) is 36.1 Å². The molecule has 0 saturated heterocycles. The van der Waals surface area contributed by atoms with Crippen molar-refractivity contribution >= 4 is 29.3 Å². The molecule has 1 N–H and O–H groups in total. The van der Waals surface area contributed by atoms with E-state index in [4.69, 9.17) is 9.84 Å². The number of hydrogen-bond donors (Lipinski definition) is 1. The van der Waals surface area contributed by atoms with Crippen molar-refractivity contribution < 1.29 is 23.4 Å². The smallest absolute Gasteiger partial charge is 0.196 e. The minimum Gasteiger partial charge on any atom is -0.490 e. The second-order valence-electron chi connectivity index (χ2n) is 7.18. The fraction of sp³-hybridized carbons (Fsp3) is 0.0741. The molecule has 4 aromatic rings. The summed E-state index contributed by atoms with van der Waals surface area (Å²) >= 11 is 2.71. The van der Waals surface area contributed by atoms with Crippen molar-refractivity contribution in [2.75, 3.05) is 13.2 Å². The average molecular weight is 495 g/mol. The molecule has 0 spiro atoms. The zero-order chi connectivity index (χ0) is 23.9. The summed E-state index contributed by atoms with van der Waals surface area (Å²) in [7, 11) is 0. The first-order chi connectivity index (χ1) is 16.5. The summed E-state index contributed by atoms with van der Waals surface area (Å²) in [5, 5.41) is 9.17. The fourth-order valence-electron chi connectivity index (χ4n) is 3.15. The van der Waals surface area contributed by atoms with E-state index in [1.54, 1.807) is 42.5 Å². The Balaban J connectivity index is 1.55. The maximum absolute atomic E-state index is 15.0. The van der Waals surface area contributed by atoms with Gasteiger partial charge in [-0.25, -0.2) is 8.78 Å². The summed E-state index contributed by atoms with van der Waals surface area (Å²) in [4.78, 5) is 15.9. The van der Waals surface area contributed by atoms with E-state index in [1.165, 1.54) is 47.8 Å². The van der Waals surface area contributed by atoms with Crippen molar-refractivity contribution in [1.29, 1.82) is 0 Å². The average Bonchev–Trinajstić information content (AvgIpc) is 2.87. The Morgan fingerprint density at radius 1 is 0.794 bits per heavy atom. The molecule has 0 aliphatic carbocycles. The van der Waals surface area contributed by atoms with Gasteiger partial charge in [0.1, 0.15) is 24.0 Å². The Morgan fingerprint density at radius 3 is 2.00 bits per heavy atom. The lowest BCUT2D eigenvalue weighted by Gasteiger charge is -2.13. The van der Waals surface area contributed by atoms with Crippen LogP contribution in [-0.4, -0.2) is 24.1 Å². The second kappa shape index (κ2) is 11.3. The summed E-state index contributed by atoms with van der Waals surface area (Å²) in [6, 6.07) is 25.1. The lowest BCUT2D eigenvalue weighted by molar-refractivity contribution is 0.103. The molecule has 7 heteroatoms. The van der Waals surface area contributed by atoms with Crippen molar-refractivity contribution in [2.45, 2.75) is 19.6 Å². The third-order valence-corrected chi connectivity index (χ3v) is 6.82. The summed E-state index contributed by atoms with van der Waals surface area (Å²) in [5.74, 6) is -0.955. The first-order valence-corrected chi connectivity index (χ1v) is 12.0. The van der Waals surface area contributed by atoms with E-state index in [0.717, 1.165) is 14.7 Å². The Labute approximate surface area is 204 Å². The van der Waals surface area contributed by atoms with E-state index in [2.05, 4.69) is 0 Å². The molecule has 0 radical (unpaired) electrons. The molecule has 0 fully saturated rings. The molecule has 0 bridgehead atoms. The molecule has 3 nitrogen and oxygen atoms in total. The van der Waals surface area contributed by atoms with Crippen LogP contribution in [0.5, 0.6) is 5.75 Å². The van der Waals surface area contributed by atoms with Crippen LogP contribution in [0.4, 0.5) is 8.78 Å². The molecule has 0 aromatic heterocycles. The van der Waals surface area contributed by atoms with Gasteiger partial charge >= 0.3 is 0 Å². The van der Waals surface area contributed by atoms with Crippen LogP contribution in [0, 0.1) is 11.6 Å². The third kappa shape index (κ3) is 6.05. The van der Waals surface area contributed by atoms with Gasteiger partial charge in [-0.2, -0.15) is 0 Å². The Morgan fingerprint density at radius 2 is 1.38 bits per heavy atom. The monoisotopic (exact) mass is 494 g/mol. The Hall–Kier alpha value is -3.13. The van der Waals surface area contributed by atoms with Crippen LogP contribution in [0.15, 0.2) is 111 Å². The van der Waals surface area contributed by atoms with Crippen molar-refractivity contribution in [3.8, 4) is 5.75 Å². The van der Waals surface area contributed by atoms with E-state index in [0.29, 0.717) is 10.5 Å². The van der Waals surface area contributed by atoms with Crippen LogP contribution in [0.1, 0.15) is 15.9 Å². The van der Waals surface area contributed by atoms with E-state index >= 15 is 4.39 Å². The van der Waals surface area contributed by atoms with Crippen molar-refractivity contribution in [1.82, 2.24) is 0 Å². The van der Waals surface area contributed by atoms with Gasteiger partial charge in [0.2, 0.25) is 0 Å². The highest BCUT2D eigenvalue weighted by Crippen LogP contribution is 2.37. The highest BCUT2D eigenvalue weighted by Gasteiger charge is 2.19. The number of hydrogen-bond acceptors (Lipinski definition) is 5. The maximum Gasteiger partial charge on any atom is 0.196 e. The Kier molecular flexibility index (Phi) is 8.00.